The highest BCUT2D eigenvalue weighted by Crippen LogP contribution is 1.94. The Labute approximate surface area is 97.1 Å². The number of carbonyl (C=O) groups excluding carboxylic acids is 1. The van der Waals surface area contributed by atoms with Crippen molar-refractivity contribution in [2.24, 2.45) is 0 Å². The molecule has 1 aliphatic heterocycles. The van der Waals surface area contributed by atoms with E-state index in [9.17, 15) is 4.79 Å². The molecule has 0 aliphatic carbocycles. The Bertz CT molecular complexity index is 203. The Morgan fingerprint density at radius 3 is 2.75 bits per heavy atom. The van der Waals surface area contributed by atoms with E-state index in [2.05, 4.69) is 10.2 Å². The van der Waals surface area contributed by atoms with Gasteiger partial charge in [0.1, 0.15) is 0 Å². The minimum Gasteiger partial charge on any atom is -0.462 e. The molecule has 0 atom stereocenters. The largest absolute Gasteiger partial charge is 0.462 e. The SMILES string of the molecule is CC(C)OC(=O)CNCCN1CCOCC1. The highest BCUT2D eigenvalue weighted by Gasteiger charge is 2.09. The summed E-state index contributed by atoms with van der Waals surface area (Å²) in [7, 11) is 0. The maximum Gasteiger partial charge on any atom is 0.320 e. The molecule has 5 nitrogen and oxygen atoms in total. The Kier molecular flexibility index (Phi) is 6.37. The van der Waals surface area contributed by atoms with Crippen molar-refractivity contribution in [3.8, 4) is 0 Å². The van der Waals surface area contributed by atoms with Crippen molar-refractivity contribution in [3.63, 3.8) is 0 Å². The first kappa shape index (κ1) is 13.4. The van der Waals surface area contributed by atoms with Gasteiger partial charge in [0.15, 0.2) is 0 Å². The summed E-state index contributed by atoms with van der Waals surface area (Å²) in [5, 5.41) is 3.08. The van der Waals surface area contributed by atoms with Gasteiger partial charge in [-0.1, -0.05) is 0 Å². The van der Waals surface area contributed by atoms with Crippen LogP contribution in [0.2, 0.25) is 0 Å². The van der Waals surface area contributed by atoms with Gasteiger partial charge in [0.25, 0.3) is 0 Å². The van der Waals surface area contributed by atoms with Gasteiger partial charge in [-0.15, -0.1) is 0 Å². The van der Waals surface area contributed by atoms with Crippen LogP contribution >= 0.6 is 0 Å². The number of hydrogen-bond donors (Lipinski definition) is 1. The third-order valence-electron chi connectivity index (χ3n) is 2.34. The second-order valence-corrected chi connectivity index (χ2v) is 4.17. The van der Waals surface area contributed by atoms with Crippen molar-refractivity contribution in [1.82, 2.24) is 10.2 Å². The van der Waals surface area contributed by atoms with Gasteiger partial charge in [-0.05, 0) is 13.8 Å². The van der Waals surface area contributed by atoms with E-state index in [1.165, 1.54) is 0 Å². The molecule has 5 heteroatoms. The molecule has 0 aromatic carbocycles. The zero-order valence-electron chi connectivity index (χ0n) is 10.2. The number of morpholine rings is 1. The number of esters is 1. The molecule has 1 rings (SSSR count). The van der Waals surface area contributed by atoms with Gasteiger partial charge < -0.3 is 14.8 Å². The predicted molar refractivity (Wildman–Crippen MR) is 61.4 cm³/mol. The summed E-state index contributed by atoms with van der Waals surface area (Å²) in [5.41, 5.74) is 0. The number of hydrogen-bond acceptors (Lipinski definition) is 5. The van der Waals surface area contributed by atoms with Gasteiger partial charge in [0.05, 0.1) is 25.9 Å². The molecule has 1 fully saturated rings. The summed E-state index contributed by atoms with van der Waals surface area (Å²) < 4.78 is 10.3. The van der Waals surface area contributed by atoms with E-state index in [1.54, 1.807) is 0 Å². The van der Waals surface area contributed by atoms with E-state index < -0.39 is 0 Å². The lowest BCUT2D eigenvalue weighted by atomic mass is 10.4. The van der Waals surface area contributed by atoms with Crippen LogP contribution < -0.4 is 5.32 Å². The van der Waals surface area contributed by atoms with Crippen molar-refractivity contribution in [2.45, 2.75) is 20.0 Å². The van der Waals surface area contributed by atoms with Gasteiger partial charge in [0, 0.05) is 26.2 Å². The summed E-state index contributed by atoms with van der Waals surface area (Å²) in [5.74, 6) is -0.183. The average Bonchev–Trinajstić information content (AvgIpc) is 2.25. The van der Waals surface area contributed by atoms with Crippen molar-refractivity contribution in [3.05, 3.63) is 0 Å². The summed E-state index contributed by atoms with van der Waals surface area (Å²) >= 11 is 0. The molecule has 0 unspecified atom stereocenters. The molecule has 1 heterocycles. The first-order valence-electron chi connectivity index (χ1n) is 5.89. The van der Waals surface area contributed by atoms with E-state index in [4.69, 9.17) is 9.47 Å². The predicted octanol–water partition coefficient (Wildman–Crippen LogP) is -0.140. The Hall–Kier alpha value is -0.650. The van der Waals surface area contributed by atoms with Gasteiger partial charge in [0.2, 0.25) is 0 Å². The Morgan fingerprint density at radius 1 is 1.44 bits per heavy atom. The van der Waals surface area contributed by atoms with Crippen LogP contribution in [0.5, 0.6) is 0 Å². The van der Waals surface area contributed by atoms with Crippen LogP contribution in [-0.2, 0) is 14.3 Å². The molecule has 0 radical (unpaired) electrons. The number of ether oxygens (including phenoxy) is 2. The molecule has 16 heavy (non-hydrogen) atoms. The van der Waals surface area contributed by atoms with Crippen LogP contribution in [0.4, 0.5) is 0 Å². The molecule has 1 aliphatic rings. The molecule has 0 aromatic heterocycles. The molecule has 0 bridgehead atoms. The van der Waals surface area contributed by atoms with Crippen LogP contribution in [0.1, 0.15) is 13.8 Å². The molecule has 1 saturated heterocycles. The van der Waals surface area contributed by atoms with Crippen molar-refractivity contribution in [1.29, 1.82) is 0 Å². The second kappa shape index (κ2) is 7.60. The fraction of sp³-hybridized carbons (Fsp3) is 0.909. The minimum absolute atomic E-state index is 0.0338. The maximum atomic E-state index is 11.2. The Balaban J connectivity index is 1.96. The third-order valence-corrected chi connectivity index (χ3v) is 2.34. The monoisotopic (exact) mass is 230 g/mol. The van der Waals surface area contributed by atoms with E-state index in [1.807, 2.05) is 13.8 Å². The van der Waals surface area contributed by atoms with E-state index in [0.717, 1.165) is 39.4 Å². The molecule has 0 aromatic rings. The molecule has 1 N–H and O–H groups in total. The molecule has 0 saturated carbocycles. The van der Waals surface area contributed by atoms with Crippen LogP contribution in [0.25, 0.3) is 0 Å². The van der Waals surface area contributed by atoms with E-state index in [0.29, 0.717) is 6.54 Å². The summed E-state index contributed by atoms with van der Waals surface area (Å²) in [6.07, 6.45) is -0.0338. The number of nitrogens with zero attached hydrogens (tertiary/aromatic N) is 1. The first-order valence-corrected chi connectivity index (χ1v) is 5.89. The highest BCUT2D eigenvalue weighted by atomic mass is 16.5. The van der Waals surface area contributed by atoms with Crippen LogP contribution in [0, 0.1) is 0 Å². The third kappa shape index (κ3) is 6.05. The fourth-order valence-electron chi connectivity index (χ4n) is 1.56. The molecule has 0 amide bonds. The van der Waals surface area contributed by atoms with Crippen molar-refractivity contribution >= 4 is 5.97 Å². The normalized spacial score (nSPS) is 17.7. The van der Waals surface area contributed by atoms with E-state index >= 15 is 0 Å². The number of carbonyl (C=O) groups is 1. The topological polar surface area (TPSA) is 50.8 Å². The van der Waals surface area contributed by atoms with Crippen LogP contribution in [0.3, 0.4) is 0 Å². The quantitative estimate of drug-likeness (QED) is 0.508. The standard InChI is InChI=1S/C11H22N2O3/c1-10(2)16-11(14)9-12-3-4-13-5-7-15-8-6-13/h10,12H,3-9H2,1-2H3. The maximum absolute atomic E-state index is 11.2. The minimum atomic E-state index is -0.183. The lowest BCUT2D eigenvalue weighted by Gasteiger charge is -2.26. The Morgan fingerprint density at radius 2 is 2.12 bits per heavy atom. The summed E-state index contributed by atoms with van der Waals surface area (Å²) in [4.78, 5) is 13.5. The zero-order valence-corrected chi connectivity index (χ0v) is 10.2. The average molecular weight is 230 g/mol. The lowest BCUT2D eigenvalue weighted by Crippen LogP contribution is -2.41. The van der Waals surface area contributed by atoms with Crippen LogP contribution in [-0.4, -0.2) is 62.9 Å². The lowest BCUT2D eigenvalue weighted by molar-refractivity contribution is -0.146. The first-order chi connectivity index (χ1) is 7.68. The van der Waals surface area contributed by atoms with Crippen molar-refractivity contribution < 1.29 is 14.3 Å². The highest BCUT2D eigenvalue weighted by molar-refractivity contribution is 5.71. The number of rotatable bonds is 6. The van der Waals surface area contributed by atoms with Gasteiger partial charge in [-0.2, -0.15) is 0 Å². The smallest absolute Gasteiger partial charge is 0.320 e. The van der Waals surface area contributed by atoms with Crippen molar-refractivity contribution in [2.75, 3.05) is 45.9 Å². The molecular weight excluding hydrogens is 208 g/mol. The van der Waals surface area contributed by atoms with Gasteiger partial charge in [-0.25, -0.2) is 0 Å². The fourth-order valence-corrected chi connectivity index (χ4v) is 1.56. The molecular formula is C11H22N2O3. The number of nitrogens with one attached hydrogen (secondary N) is 1. The summed E-state index contributed by atoms with van der Waals surface area (Å²) in [6, 6.07) is 0. The zero-order chi connectivity index (χ0) is 11.8. The molecule has 94 valence electrons. The van der Waals surface area contributed by atoms with Gasteiger partial charge >= 0.3 is 5.97 Å². The second-order valence-electron chi connectivity index (χ2n) is 4.17. The summed E-state index contributed by atoms with van der Waals surface area (Å²) in [6.45, 7) is 9.37. The van der Waals surface area contributed by atoms with Gasteiger partial charge in [-0.3, -0.25) is 9.69 Å². The molecule has 0 spiro atoms. The van der Waals surface area contributed by atoms with Crippen LogP contribution in [0.15, 0.2) is 0 Å². The van der Waals surface area contributed by atoms with E-state index in [-0.39, 0.29) is 12.1 Å².